The van der Waals surface area contributed by atoms with Gasteiger partial charge in [-0.05, 0) is 36.4 Å². The van der Waals surface area contributed by atoms with Gasteiger partial charge in [-0.15, -0.1) is 24.8 Å². The lowest BCUT2D eigenvalue weighted by molar-refractivity contribution is 0.589. The second kappa shape index (κ2) is 9.99. The minimum atomic E-state index is -0.548. The molecule has 0 spiro atoms. The summed E-state index contributed by atoms with van der Waals surface area (Å²) >= 11 is 0. The summed E-state index contributed by atoms with van der Waals surface area (Å²) in [6.45, 7) is 3.88. The number of nitrogen functional groups attached to an aromatic ring is 1. The Hall–Kier alpha value is -3.14. The quantitative estimate of drug-likeness (QED) is 0.414. The van der Waals surface area contributed by atoms with Crippen molar-refractivity contribution in [2.75, 3.05) is 42.1 Å². The third-order valence-corrected chi connectivity index (χ3v) is 5.13. The molecule has 0 aliphatic carbocycles. The van der Waals surface area contributed by atoms with Gasteiger partial charge in [-0.25, -0.2) is 18.9 Å². The van der Waals surface area contributed by atoms with E-state index in [9.17, 15) is 4.39 Å². The van der Waals surface area contributed by atoms with Gasteiger partial charge in [-0.1, -0.05) is 12.1 Å². The van der Waals surface area contributed by atoms with Crippen LogP contribution in [0.25, 0.3) is 17.0 Å². The molecule has 0 bridgehead atoms. The first-order valence-electron chi connectivity index (χ1n) is 9.78. The molecule has 1 fully saturated rings. The number of fused-ring (bicyclic) bond motifs is 1. The van der Waals surface area contributed by atoms with Crippen LogP contribution in [0, 0.1) is 5.82 Å². The average molecular weight is 477 g/mol. The molecule has 168 valence electrons. The number of aromatic nitrogens is 4. The van der Waals surface area contributed by atoms with Crippen molar-refractivity contribution in [2.24, 2.45) is 0 Å². The maximum Gasteiger partial charge on any atom is 0.239 e. The highest BCUT2D eigenvalue weighted by Crippen LogP contribution is 2.25. The van der Waals surface area contributed by atoms with E-state index in [4.69, 9.17) is 5.73 Å². The van der Waals surface area contributed by atoms with E-state index in [2.05, 4.69) is 30.5 Å². The lowest BCUT2D eigenvalue weighted by atomic mass is 10.2. The van der Waals surface area contributed by atoms with Gasteiger partial charge in [0.15, 0.2) is 11.6 Å². The maximum absolute atomic E-state index is 14.4. The van der Waals surface area contributed by atoms with E-state index in [0.29, 0.717) is 0 Å². The topological polar surface area (TPSA) is 96.9 Å². The van der Waals surface area contributed by atoms with Gasteiger partial charge in [0.05, 0.1) is 17.2 Å². The number of para-hydroxylation sites is 2. The first-order chi connectivity index (χ1) is 14.7. The number of halogens is 3. The van der Waals surface area contributed by atoms with Gasteiger partial charge >= 0.3 is 0 Å². The zero-order chi connectivity index (χ0) is 20.5. The van der Waals surface area contributed by atoms with Crippen LogP contribution in [0.3, 0.4) is 0 Å². The molecule has 8 nitrogen and oxygen atoms in total. The highest BCUT2D eigenvalue weighted by Gasteiger charge is 2.15. The summed E-state index contributed by atoms with van der Waals surface area (Å²) < 4.78 is 16.0. The Morgan fingerprint density at radius 1 is 0.969 bits per heavy atom. The van der Waals surface area contributed by atoms with Crippen LogP contribution in [-0.2, 0) is 0 Å². The second-order valence-corrected chi connectivity index (χ2v) is 7.07. The molecule has 0 amide bonds. The summed E-state index contributed by atoms with van der Waals surface area (Å²) in [6.07, 6.45) is 1.13. The molecule has 11 heteroatoms. The van der Waals surface area contributed by atoms with Crippen LogP contribution in [0.15, 0.2) is 54.7 Å². The van der Waals surface area contributed by atoms with Crippen molar-refractivity contribution in [3.8, 4) is 5.95 Å². The summed E-state index contributed by atoms with van der Waals surface area (Å²) in [5.41, 5.74) is 9.42. The van der Waals surface area contributed by atoms with Crippen molar-refractivity contribution >= 4 is 59.0 Å². The number of imidazole rings is 1. The lowest BCUT2D eigenvalue weighted by Gasteiger charge is -2.29. The standard InChI is InChI=1S/C21H21FN8.2ClH/c22-16-13-25-21(30-18-4-2-1-3-17(18)27-20(30)23)28-19(16)26-14-5-7-15(8-6-14)29-11-9-24-10-12-29;;/h1-8,13,24H,9-12H2,(H2,23,27)(H,25,26,28);2*1H. The third-order valence-electron chi connectivity index (χ3n) is 5.13. The fraction of sp³-hybridized carbons (Fsp3) is 0.190. The van der Waals surface area contributed by atoms with Gasteiger partial charge in [0.2, 0.25) is 11.9 Å². The van der Waals surface area contributed by atoms with Crippen LogP contribution < -0.4 is 21.3 Å². The third kappa shape index (κ3) is 4.55. The Bertz CT molecular complexity index is 1190. The summed E-state index contributed by atoms with van der Waals surface area (Å²) in [6, 6.07) is 15.4. The molecule has 5 rings (SSSR count). The fourth-order valence-electron chi connectivity index (χ4n) is 3.62. The van der Waals surface area contributed by atoms with E-state index in [-0.39, 0.29) is 42.5 Å². The van der Waals surface area contributed by atoms with Crippen LogP contribution in [0.4, 0.5) is 27.5 Å². The number of nitrogens with two attached hydrogens (primary N) is 1. The first-order valence-corrected chi connectivity index (χ1v) is 9.78. The fourth-order valence-corrected chi connectivity index (χ4v) is 3.62. The Kier molecular flexibility index (Phi) is 7.34. The van der Waals surface area contributed by atoms with Crippen molar-refractivity contribution in [3.05, 3.63) is 60.5 Å². The molecule has 1 aliphatic rings. The van der Waals surface area contributed by atoms with E-state index in [1.165, 1.54) is 0 Å². The zero-order valence-corrected chi connectivity index (χ0v) is 18.7. The Morgan fingerprint density at radius 3 is 2.44 bits per heavy atom. The zero-order valence-electron chi connectivity index (χ0n) is 17.0. The highest BCUT2D eigenvalue weighted by atomic mass is 35.5. The Balaban J connectivity index is 0.00000144. The van der Waals surface area contributed by atoms with Gasteiger partial charge in [-0.2, -0.15) is 4.98 Å². The number of nitrogens with one attached hydrogen (secondary N) is 2. The molecule has 1 aliphatic heterocycles. The molecular formula is C21H23Cl2FN8. The molecule has 1 saturated heterocycles. The number of benzene rings is 2. The average Bonchev–Trinajstić information content (AvgIpc) is 3.12. The van der Waals surface area contributed by atoms with Gasteiger partial charge in [0, 0.05) is 37.6 Å². The monoisotopic (exact) mass is 476 g/mol. The Morgan fingerprint density at radius 2 is 1.69 bits per heavy atom. The molecule has 0 radical (unpaired) electrons. The summed E-state index contributed by atoms with van der Waals surface area (Å²) in [5, 5.41) is 6.38. The highest BCUT2D eigenvalue weighted by molar-refractivity contribution is 5.85. The van der Waals surface area contributed by atoms with Gasteiger partial charge in [-0.3, -0.25) is 0 Å². The lowest BCUT2D eigenvalue weighted by Crippen LogP contribution is -2.43. The van der Waals surface area contributed by atoms with E-state index in [1.807, 2.05) is 48.5 Å². The van der Waals surface area contributed by atoms with Gasteiger partial charge in [0.1, 0.15) is 0 Å². The van der Waals surface area contributed by atoms with E-state index < -0.39 is 5.82 Å². The maximum atomic E-state index is 14.4. The number of hydrogen-bond donors (Lipinski definition) is 3. The number of rotatable bonds is 4. The number of nitrogens with zero attached hydrogens (tertiary/aromatic N) is 5. The molecular weight excluding hydrogens is 454 g/mol. The largest absolute Gasteiger partial charge is 0.369 e. The second-order valence-electron chi connectivity index (χ2n) is 7.07. The SMILES string of the molecule is Cl.Cl.Nc1nc2ccccc2n1-c1ncc(F)c(Nc2ccc(N3CCNCC3)cc2)n1. The van der Waals surface area contributed by atoms with Gasteiger partial charge < -0.3 is 21.3 Å². The van der Waals surface area contributed by atoms with Gasteiger partial charge in [0.25, 0.3) is 0 Å². The number of hydrogen-bond acceptors (Lipinski definition) is 7. The smallest absolute Gasteiger partial charge is 0.239 e. The minimum Gasteiger partial charge on any atom is -0.369 e. The summed E-state index contributed by atoms with van der Waals surface area (Å²) in [5.74, 6) is 0.0247. The van der Waals surface area contributed by atoms with Crippen molar-refractivity contribution in [3.63, 3.8) is 0 Å². The van der Waals surface area contributed by atoms with E-state index in [1.54, 1.807) is 4.57 Å². The van der Waals surface area contributed by atoms with Crippen LogP contribution in [-0.4, -0.2) is 45.7 Å². The summed E-state index contributed by atoms with van der Waals surface area (Å²) in [7, 11) is 0. The molecule has 0 atom stereocenters. The minimum absolute atomic E-state index is 0. The molecule has 4 N–H and O–H groups in total. The van der Waals surface area contributed by atoms with Crippen LogP contribution in [0.5, 0.6) is 0 Å². The van der Waals surface area contributed by atoms with E-state index in [0.717, 1.165) is 54.8 Å². The molecule has 0 saturated carbocycles. The van der Waals surface area contributed by atoms with Crippen LogP contribution >= 0.6 is 24.8 Å². The van der Waals surface area contributed by atoms with Crippen LogP contribution in [0.1, 0.15) is 0 Å². The molecule has 2 aromatic heterocycles. The predicted molar refractivity (Wildman–Crippen MR) is 130 cm³/mol. The van der Waals surface area contributed by atoms with Crippen molar-refractivity contribution in [1.82, 2.24) is 24.8 Å². The molecule has 0 unspecified atom stereocenters. The molecule has 3 heterocycles. The summed E-state index contributed by atoms with van der Waals surface area (Å²) in [4.78, 5) is 15.1. The molecule has 2 aromatic carbocycles. The molecule has 4 aromatic rings. The number of piperazine rings is 1. The predicted octanol–water partition coefficient (Wildman–Crippen LogP) is 3.53. The van der Waals surface area contributed by atoms with Crippen LogP contribution in [0.2, 0.25) is 0 Å². The van der Waals surface area contributed by atoms with E-state index >= 15 is 0 Å². The molecule has 32 heavy (non-hydrogen) atoms. The first kappa shape index (κ1) is 23.5. The van der Waals surface area contributed by atoms with Crippen molar-refractivity contribution in [1.29, 1.82) is 0 Å². The normalized spacial score (nSPS) is 13.3. The van der Waals surface area contributed by atoms with Crippen molar-refractivity contribution in [2.45, 2.75) is 0 Å². The number of anilines is 4. The Labute approximate surface area is 196 Å². The van der Waals surface area contributed by atoms with Crippen molar-refractivity contribution < 1.29 is 4.39 Å².